The Kier molecular flexibility index (Phi) is 7.17. The second-order valence-electron chi connectivity index (χ2n) is 7.87. The van der Waals surface area contributed by atoms with Crippen LogP contribution in [0.1, 0.15) is 45.1 Å². The monoisotopic (exact) mass is 448 g/mol. The van der Waals surface area contributed by atoms with Crippen LogP contribution < -0.4 is 4.90 Å². The molecule has 3 rings (SSSR count). The van der Waals surface area contributed by atoms with Gasteiger partial charge in [-0.05, 0) is 48.9 Å². The average Bonchev–Trinajstić information content (AvgIpc) is 2.84. The number of nitrogens with zero attached hydrogens (tertiary/aromatic N) is 2. The summed E-state index contributed by atoms with van der Waals surface area (Å²) in [4.78, 5) is 3.31. The van der Waals surface area contributed by atoms with Gasteiger partial charge in [0.05, 0.1) is 17.8 Å². The summed E-state index contributed by atoms with van der Waals surface area (Å²) in [5.74, 6) is 0. The summed E-state index contributed by atoms with van der Waals surface area (Å²) in [6, 6.07) is 13.6. The number of likely N-dealkylation sites (N-methyl/N-ethyl adjacent to an activating group) is 1. The third kappa shape index (κ3) is 4.00. The molecule has 1 heterocycles. The van der Waals surface area contributed by atoms with Gasteiger partial charge in [0.15, 0.2) is 0 Å². The number of hydrogen-bond acceptors (Lipinski definition) is 5. The first-order valence-corrected chi connectivity index (χ1v) is 13.1. The number of para-hydroxylation sites is 1. The summed E-state index contributed by atoms with van der Waals surface area (Å²) in [7, 11) is -2.02. The quantitative estimate of drug-likeness (QED) is 0.603. The lowest BCUT2D eigenvalue weighted by Crippen LogP contribution is -2.53. The van der Waals surface area contributed by atoms with Crippen molar-refractivity contribution in [2.24, 2.45) is 0 Å². The molecule has 2 aromatic carbocycles. The third-order valence-corrected chi connectivity index (χ3v) is 9.11. The van der Waals surface area contributed by atoms with Gasteiger partial charge in [-0.15, -0.1) is 11.8 Å². The van der Waals surface area contributed by atoms with E-state index in [0.29, 0.717) is 17.8 Å². The average molecular weight is 449 g/mol. The van der Waals surface area contributed by atoms with E-state index in [2.05, 4.69) is 18.7 Å². The number of aliphatic hydroxyl groups excluding tert-OH is 1. The van der Waals surface area contributed by atoms with Crippen molar-refractivity contribution < 1.29 is 13.5 Å². The molecule has 0 saturated carbocycles. The van der Waals surface area contributed by atoms with Crippen LogP contribution in [-0.4, -0.2) is 43.2 Å². The maximum atomic E-state index is 13.8. The molecule has 1 aliphatic heterocycles. The van der Waals surface area contributed by atoms with Gasteiger partial charge in [-0.1, -0.05) is 44.9 Å². The zero-order valence-electron chi connectivity index (χ0n) is 18.3. The SMILES string of the molecule is CCCC[C@@]1(CC)CN(c2ccccc2)c2cc(SC)c(CO)cc2S(=O)(=O)N1C. The van der Waals surface area contributed by atoms with Crippen molar-refractivity contribution in [2.45, 2.75) is 61.5 Å². The Morgan fingerprint density at radius 3 is 2.43 bits per heavy atom. The van der Waals surface area contributed by atoms with Gasteiger partial charge in [0.1, 0.15) is 4.90 Å². The fraction of sp³-hybridized carbons (Fsp3) is 0.478. The van der Waals surface area contributed by atoms with Crippen LogP contribution in [0.4, 0.5) is 11.4 Å². The molecule has 1 N–H and O–H groups in total. The molecule has 0 bridgehead atoms. The zero-order chi connectivity index (χ0) is 21.9. The van der Waals surface area contributed by atoms with Gasteiger partial charge in [-0.2, -0.15) is 4.31 Å². The first-order valence-electron chi connectivity index (χ1n) is 10.5. The molecule has 0 aromatic heterocycles. The summed E-state index contributed by atoms with van der Waals surface area (Å²) in [5.41, 5.74) is 1.79. The van der Waals surface area contributed by atoms with Gasteiger partial charge in [0.2, 0.25) is 10.0 Å². The highest BCUT2D eigenvalue weighted by Gasteiger charge is 2.46. The Morgan fingerprint density at radius 2 is 1.87 bits per heavy atom. The van der Waals surface area contributed by atoms with Gasteiger partial charge < -0.3 is 10.0 Å². The second kappa shape index (κ2) is 9.30. The summed E-state index contributed by atoms with van der Waals surface area (Å²) < 4.78 is 29.2. The maximum Gasteiger partial charge on any atom is 0.245 e. The number of anilines is 2. The summed E-state index contributed by atoms with van der Waals surface area (Å²) in [5, 5.41) is 9.87. The minimum atomic E-state index is -3.73. The molecule has 0 fully saturated rings. The third-order valence-electron chi connectivity index (χ3n) is 6.30. The number of sulfonamides is 1. The Balaban J connectivity index is 2.33. The first-order chi connectivity index (χ1) is 14.3. The lowest BCUT2D eigenvalue weighted by atomic mass is 9.88. The van der Waals surface area contributed by atoms with E-state index in [1.807, 2.05) is 42.7 Å². The molecule has 164 valence electrons. The van der Waals surface area contributed by atoms with Crippen molar-refractivity contribution in [3.63, 3.8) is 0 Å². The minimum Gasteiger partial charge on any atom is -0.392 e. The normalized spacial score (nSPS) is 21.3. The van der Waals surface area contributed by atoms with E-state index < -0.39 is 15.6 Å². The van der Waals surface area contributed by atoms with Crippen LogP contribution in [0.3, 0.4) is 0 Å². The highest BCUT2D eigenvalue weighted by Crippen LogP contribution is 2.45. The predicted octanol–water partition coefficient (Wildman–Crippen LogP) is 5.01. The maximum absolute atomic E-state index is 13.8. The molecular formula is C23H32N2O3S2. The Morgan fingerprint density at radius 1 is 1.17 bits per heavy atom. The largest absolute Gasteiger partial charge is 0.392 e. The Labute approximate surface area is 185 Å². The van der Waals surface area contributed by atoms with Gasteiger partial charge in [-0.3, -0.25) is 0 Å². The fourth-order valence-electron chi connectivity index (χ4n) is 4.30. The van der Waals surface area contributed by atoms with Crippen LogP contribution in [0.5, 0.6) is 0 Å². The van der Waals surface area contributed by atoms with E-state index in [-0.39, 0.29) is 11.5 Å². The molecule has 7 heteroatoms. The van der Waals surface area contributed by atoms with Crippen molar-refractivity contribution in [1.29, 1.82) is 0 Å². The van der Waals surface area contributed by atoms with Crippen LogP contribution in [0.25, 0.3) is 0 Å². The molecule has 0 spiro atoms. The highest BCUT2D eigenvalue weighted by molar-refractivity contribution is 7.98. The number of thioether (sulfide) groups is 1. The van der Waals surface area contributed by atoms with Crippen LogP contribution in [0.15, 0.2) is 52.3 Å². The molecule has 0 radical (unpaired) electrons. The van der Waals surface area contributed by atoms with Crippen LogP contribution in [0.2, 0.25) is 0 Å². The molecule has 0 aliphatic carbocycles. The lowest BCUT2D eigenvalue weighted by Gasteiger charge is -2.41. The van der Waals surface area contributed by atoms with Crippen molar-refractivity contribution in [1.82, 2.24) is 4.31 Å². The Hall–Kier alpha value is -1.54. The van der Waals surface area contributed by atoms with Crippen LogP contribution >= 0.6 is 11.8 Å². The lowest BCUT2D eigenvalue weighted by molar-refractivity contribution is 0.198. The fourth-order valence-corrected chi connectivity index (χ4v) is 6.72. The summed E-state index contributed by atoms with van der Waals surface area (Å²) in [6.07, 6.45) is 5.45. The van der Waals surface area contributed by atoms with Gasteiger partial charge in [-0.25, -0.2) is 8.42 Å². The minimum absolute atomic E-state index is 0.192. The van der Waals surface area contributed by atoms with Crippen LogP contribution in [0, 0.1) is 0 Å². The number of unbranched alkanes of at least 4 members (excludes halogenated alkanes) is 1. The van der Waals surface area contributed by atoms with Gasteiger partial charge in [0.25, 0.3) is 0 Å². The molecule has 5 nitrogen and oxygen atoms in total. The van der Waals surface area contributed by atoms with Crippen molar-refractivity contribution in [3.05, 3.63) is 48.0 Å². The molecule has 2 aromatic rings. The van der Waals surface area contributed by atoms with E-state index >= 15 is 0 Å². The van der Waals surface area contributed by atoms with Crippen molar-refractivity contribution >= 4 is 33.2 Å². The van der Waals surface area contributed by atoms with E-state index in [4.69, 9.17) is 0 Å². The highest BCUT2D eigenvalue weighted by atomic mass is 32.2. The van der Waals surface area contributed by atoms with E-state index in [9.17, 15) is 13.5 Å². The number of rotatable bonds is 7. The van der Waals surface area contributed by atoms with Gasteiger partial charge >= 0.3 is 0 Å². The zero-order valence-corrected chi connectivity index (χ0v) is 19.9. The molecule has 1 atom stereocenters. The second-order valence-corrected chi connectivity index (χ2v) is 10.7. The number of fused-ring (bicyclic) bond motifs is 1. The molecule has 0 amide bonds. The predicted molar refractivity (Wildman–Crippen MR) is 125 cm³/mol. The summed E-state index contributed by atoms with van der Waals surface area (Å²) in [6.45, 7) is 4.61. The van der Waals surface area contributed by atoms with Crippen LogP contribution in [-0.2, 0) is 16.6 Å². The van der Waals surface area contributed by atoms with Crippen molar-refractivity contribution in [2.75, 3.05) is 24.7 Å². The molecule has 0 unspecified atom stereocenters. The summed E-state index contributed by atoms with van der Waals surface area (Å²) >= 11 is 1.52. The smallest absolute Gasteiger partial charge is 0.245 e. The topological polar surface area (TPSA) is 60.9 Å². The first kappa shape index (κ1) is 23.1. The number of aliphatic hydroxyl groups is 1. The number of benzene rings is 2. The van der Waals surface area contributed by atoms with E-state index in [1.54, 1.807) is 17.4 Å². The van der Waals surface area contributed by atoms with Crippen molar-refractivity contribution in [3.8, 4) is 0 Å². The molecule has 0 saturated heterocycles. The Bertz CT molecular complexity index is 979. The molecule has 1 aliphatic rings. The standard InChI is InChI=1S/C23H32N2O3S2/c1-5-7-13-23(6-2)17-25(19-11-9-8-10-12-19)20-15-21(29-4)18(16-26)14-22(20)30(27,28)24(23)3/h8-12,14-15,26H,5-7,13,16-17H2,1-4H3/t23-/m0/s1. The number of hydrogen-bond donors (Lipinski definition) is 1. The van der Waals surface area contributed by atoms with Gasteiger partial charge in [0, 0.05) is 24.2 Å². The van der Waals surface area contributed by atoms with E-state index in [1.165, 1.54) is 11.8 Å². The molecule has 30 heavy (non-hydrogen) atoms. The van der Waals surface area contributed by atoms with E-state index in [0.717, 1.165) is 36.3 Å². The molecular weight excluding hydrogens is 416 g/mol.